The largest absolute Gasteiger partial charge is 0.279 e. The molecule has 134 valence electrons. The zero-order chi connectivity index (χ0) is 18.8. The Bertz CT molecular complexity index is 1110. The molecule has 0 atom stereocenters. The Hall–Kier alpha value is -2.76. The third kappa shape index (κ3) is 3.70. The summed E-state index contributed by atoms with van der Waals surface area (Å²) in [6, 6.07) is 21.2. The number of benzene rings is 3. The minimum absolute atomic E-state index is 0.235. The Morgan fingerprint density at radius 1 is 1.04 bits per heavy atom. The monoisotopic (exact) mass is 396 g/mol. The number of para-hydroxylation sites is 1. The summed E-state index contributed by atoms with van der Waals surface area (Å²) in [7, 11) is 0. The van der Waals surface area contributed by atoms with Gasteiger partial charge in [-0.3, -0.25) is 9.69 Å². The molecule has 0 spiro atoms. The van der Waals surface area contributed by atoms with Gasteiger partial charge in [0.1, 0.15) is 11.3 Å². The van der Waals surface area contributed by atoms with Crippen LogP contribution in [-0.4, -0.2) is 10.9 Å². The molecule has 0 saturated carbocycles. The van der Waals surface area contributed by atoms with Gasteiger partial charge in [0.15, 0.2) is 5.13 Å². The smallest absolute Gasteiger partial charge is 0.260 e. The van der Waals surface area contributed by atoms with Gasteiger partial charge in [-0.1, -0.05) is 65.4 Å². The lowest BCUT2D eigenvalue weighted by Gasteiger charge is -2.20. The number of rotatable bonds is 4. The fourth-order valence-corrected chi connectivity index (χ4v) is 3.96. The van der Waals surface area contributed by atoms with Gasteiger partial charge in [0, 0.05) is 10.6 Å². The molecule has 1 heterocycles. The molecular weight excluding hydrogens is 383 g/mol. The van der Waals surface area contributed by atoms with E-state index in [9.17, 15) is 9.18 Å². The summed E-state index contributed by atoms with van der Waals surface area (Å²) in [4.78, 5) is 19.2. The summed E-state index contributed by atoms with van der Waals surface area (Å²) in [6.07, 6.45) is 0. The van der Waals surface area contributed by atoms with Gasteiger partial charge in [0.05, 0.1) is 11.2 Å². The molecule has 4 aromatic rings. The van der Waals surface area contributed by atoms with Crippen LogP contribution in [0, 0.1) is 5.82 Å². The minimum atomic E-state index is -0.398. The van der Waals surface area contributed by atoms with Gasteiger partial charge in [-0.25, -0.2) is 9.37 Å². The van der Waals surface area contributed by atoms with Crippen LogP contribution < -0.4 is 4.90 Å². The summed E-state index contributed by atoms with van der Waals surface area (Å²) in [5.41, 5.74) is 1.68. The Labute approximate surface area is 164 Å². The zero-order valence-corrected chi connectivity index (χ0v) is 15.7. The third-order valence-corrected chi connectivity index (χ3v) is 5.37. The summed E-state index contributed by atoms with van der Waals surface area (Å²) >= 11 is 7.34. The van der Waals surface area contributed by atoms with Gasteiger partial charge < -0.3 is 0 Å². The molecule has 4 rings (SSSR count). The number of carbonyl (C=O) groups is 1. The number of hydrogen-bond acceptors (Lipinski definition) is 3. The second kappa shape index (κ2) is 7.47. The van der Waals surface area contributed by atoms with Crippen molar-refractivity contribution in [3.63, 3.8) is 0 Å². The van der Waals surface area contributed by atoms with Crippen molar-refractivity contribution in [3.8, 4) is 0 Å². The first-order valence-corrected chi connectivity index (χ1v) is 9.48. The highest BCUT2D eigenvalue weighted by Crippen LogP contribution is 2.32. The molecule has 0 bridgehead atoms. The van der Waals surface area contributed by atoms with Crippen molar-refractivity contribution in [1.82, 2.24) is 4.98 Å². The predicted molar refractivity (Wildman–Crippen MR) is 108 cm³/mol. The van der Waals surface area contributed by atoms with E-state index in [1.54, 1.807) is 41.3 Å². The maximum absolute atomic E-state index is 14.1. The van der Waals surface area contributed by atoms with E-state index in [0.29, 0.717) is 27.0 Å². The maximum atomic E-state index is 14.1. The quantitative estimate of drug-likeness (QED) is 0.428. The lowest BCUT2D eigenvalue weighted by atomic mass is 10.1. The highest BCUT2D eigenvalue weighted by atomic mass is 35.5. The molecule has 3 aromatic carbocycles. The van der Waals surface area contributed by atoms with Crippen LogP contribution in [0.15, 0.2) is 72.8 Å². The molecule has 0 unspecified atom stereocenters. The van der Waals surface area contributed by atoms with E-state index in [4.69, 9.17) is 11.6 Å². The first kappa shape index (κ1) is 17.6. The molecule has 6 heteroatoms. The lowest BCUT2D eigenvalue weighted by molar-refractivity contribution is 0.0985. The molecule has 3 nitrogen and oxygen atoms in total. The van der Waals surface area contributed by atoms with Crippen molar-refractivity contribution in [2.24, 2.45) is 0 Å². The highest BCUT2D eigenvalue weighted by Gasteiger charge is 2.22. The number of hydrogen-bond donors (Lipinski definition) is 0. The van der Waals surface area contributed by atoms with E-state index in [0.717, 1.165) is 5.56 Å². The first-order chi connectivity index (χ1) is 13.1. The van der Waals surface area contributed by atoms with Gasteiger partial charge in [0.25, 0.3) is 5.91 Å². The van der Waals surface area contributed by atoms with Crippen LogP contribution in [-0.2, 0) is 6.54 Å². The Kier molecular flexibility index (Phi) is 4.88. The molecule has 0 saturated heterocycles. The van der Waals surface area contributed by atoms with Gasteiger partial charge in [-0.05, 0) is 35.9 Å². The molecule has 0 radical (unpaired) electrons. The maximum Gasteiger partial charge on any atom is 0.260 e. The van der Waals surface area contributed by atoms with Crippen molar-refractivity contribution < 1.29 is 9.18 Å². The summed E-state index contributed by atoms with van der Waals surface area (Å²) in [5, 5.41) is 0.930. The second-order valence-corrected chi connectivity index (χ2v) is 7.42. The van der Waals surface area contributed by atoms with Gasteiger partial charge >= 0.3 is 0 Å². The van der Waals surface area contributed by atoms with Crippen LogP contribution in [0.5, 0.6) is 0 Å². The summed E-state index contributed by atoms with van der Waals surface area (Å²) in [5.74, 6) is -0.634. The van der Waals surface area contributed by atoms with Crippen LogP contribution >= 0.6 is 22.9 Å². The Morgan fingerprint density at radius 2 is 1.81 bits per heavy atom. The van der Waals surface area contributed by atoms with Crippen molar-refractivity contribution in [2.45, 2.75) is 6.54 Å². The molecule has 27 heavy (non-hydrogen) atoms. The molecule has 0 fully saturated rings. The zero-order valence-electron chi connectivity index (χ0n) is 14.1. The van der Waals surface area contributed by atoms with Crippen LogP contribution in [0.4, 0.5) is 9.52 Å². The lowest BCUT2D eigenvalue weighted by Crippen LogP contribution is -2.30. The Morgan fingerprint density at radius 3 is 2.56 bits per heavy atom. The normalized spacial score (nSPS) is 10.9. The fraction of sp³-hybridized carbons (Fsp3) is 0.0476. The SMILES string of the molecule is O=C(c1cccc(Cl)c1)N(Cc1ccccc1)c1nc2c(F)cccc2s1. The van der Waals surface area contributed by atoms with Gasteiger partial charge in [0.2, 0.25) is 0 Å². The molecule has 0 aliphatic rings. The number of anilines is 1. The molecule has 1 amide bonds. The van der Waals surface area contributed by atoms with Crippen molar-refractivity contribution in [3.05, 3.63) is 94.8 Å². The number of aromatic nitrogens is 1. The second-order valence-electron chi connectivity index (χ2n) is 5.97. The number of fused-ring (bicyclic) bond motifs is 1. The van der Waals surface area contributed by atoms with E-state index < -0.39 is 5.82 Å². The van der Waals surface area contributed by atoms with Gasteiger partial charge in [-0.2, -0.15) is 0 Å². The van der Waals surface area contributed by atoms with Gasteiger partial charge in [-0.15, -0.1) is 0 Å². The predicted octanol–water partition coefficient (Wildman–Crippen LogP) is 5.94. The summed E-state index contributed by atoms with van der Waals surface area (Å²) < 4.78 is 14.8. The Balaban J connectivity index is 1.79. The molecule has 0 aliphatic carbocycles. The van der Waals surface area contributed by atoms with E-state index in [1.807, 2.05) is 30.3 Å². The van der Waals surface area contributed by atoms with Crippen LogP contribution in [0.25, 0.3) is 10.2 Å². The van der Waals surface area contributed by atoms with E-state index >= 15 is 0 Å². The van der Waals surface area contributed by atoms with Crippen molar-refractivity contribution >= 4 is 44.2 Å². The standard InChI is InChI=1S/C21H14ClFN2OS/c22-16-9-4-8-15(12-16)20(26)25(13-14-6-2-1-3-7-14)21-24-19-17(23)10-5-11-18(19)27-21/h1-12H,13H2. The van der Waals surface area contributed by atoms with E-state index in [-0.39, 0.29) is 11.4 Å². The highest BCUT2D eigenvalue weighted by molar-refractivity contribution is 7.22. The average molecular weight is 397 g/mol. The number of nitrogens with zero attached hydrogens (tertiary/aromatic N) is 2. The fourth-order valence-electron chi connectivity index (χ4n) is 2.79. The van der Waals surface area contributed by atoms with Crippen molar-refractivity contribution in [1.29, 1.82) is 0 Å². The summed E-state index contributed by atoms with van der Waals surface area (Å²) in [6.45, 7) is 0.327. The molecular formula is C21H14ClFN2OS. The number of amides is 1. The first-order valence-electron chi connectivity index (χ1n) is 8.28. The average Bonchev–Trinajstić information content (AvgIpc) is 3.12. The van der Waals surface area contributed by atoms with Crippen molar-refractivity contribution in [2.75, 3.05) is 4.90 Å². The minimum Gasteiger partial charge on any atom is -0.279 e. The molecule has 0 aliphatic heterocycles. The number of thiazole rings is 1. The molecule has 0 N–H and O–H groups in total. The van der Waals surface area contributed by atoms with Crippen LogP contribution in [0.3, 0.4) is 0 Å². The topological polar surface area (TPSA) is 33.2 Å². The van der Waals surface area contributed by atoms with Crippen LogP contribution in [0.1, 0.15) is 15.9 Å². The van der Waals surface area contributed by atoms with E-state index in [2.05, 4.69) is 4.98 Å². The molecule has 1 aromatic heterocycles. The van der Waals surface area contributed by atoms with Crippen LogP contribution in [0.2, 0.25) is 5.02 Å². The number of halogens is 2. The third-order valence-electron chi connectivity index (χ3n) is 4.09. The van der Waals surface area contributed by atoms with E-state index in [1.165, 1.54) is 17.4 Å². The number of carbonyl (C=O) groups excluding carboxylic acids is 1.